The fourth-order valence-corrected chi connectivity index (χ4v) is 5.70. The number of amides is 2. The molecule has 222 valence electrons. The Kier molecular flexibility index (Phi) is 10.3. The molecular weight excluding hydrogens is 668 g/mol. The quantitative estimate of drug-likeness (QED) is 0.119. The molecule has 2 aromatic carbocycles. The Hall–Kier alpha value is -3.38. The normalized spacial score (nSPS) is 12.3. The van der Waals surface area contributed by atoms with Gasteiger partial charge in [0, 0.05) is 44.6 Å². The molecule has 2 amide bonds. The Balaban J connectivity index is 1.26. The van der Waals surface area contributed by atoms with Crippen molar-refractivity contribution in [2.75, 3.05) is 0 Å². The highest BCUT2D eigenvalue weighted by atomic mass is 79.9. The lowest BCUT2D eigenvalue weighted by Crippen LogP contribution is -1.98. The lowest BCUT2D eigenvalue weighted by molar-refractivity contribution is -0.119. The zero-order valence-corrected chi connectivity index (χ0v) is 27.2. The molecule has 10 nitrogen and oxygen atoms in total. The summed E-state index contributed by atoms with van der Waals surface area (Å²) in [4.78, 5) is 24.7. The van der Waals surface area contributed by atoms with Crippen LogP contribution in [0.4, 0.5) is 11.4 Å². The van der Waals surface area contributed by atoms with Crippen LogP contribution in [0.2, 0.25) is 0 Å². The second-order valence-electron chi connectivity index (χ2n) is 10.7. The number of rotatable bonds is 11. The number of fused-ring (bicyclic) bond motifs is 2. The molecule has 42 heavy (non-hydrogen) atoms. The van der Waals surface area contributed by atoms with Gasteiger partial charge in [-0.05, 0) is 76.9 Å². The summed E-state index contributed by atoms with van der Waals surface area (Å²) in [5.74, 6) is -0.783. The maximum atomic E-state index is 12.4. The zero-order valence-electron chi connectivity index (χ0n) is 24.0. The van der Waals surface area contributed by atoms with Crippen molar-refractivity contribution < 1.29 is 19.8 Å². The molecule has 0 fully saturated rings. The van der Waals surface area contributed by atoms with Gasteiger partial charge in [0.05, 0.1) is 11.0 Å². The van der Waals surface area contributed by atoms with E-state index >= 15 is 0 Å². The molecule has 4 rings (SSSR count). The molecule has 0 aliphatic rings. The van der Waals surface area contributed by atoms with E-state index in [1.165, 1.54) is 0 Å². The van der Waals surface area contributed by atoms with Crippen LogP contribution in [0, 0.1) is 0 Å². The minimum Gasteiger partial charge on any atom is -0.493 e. The van der Waals surface area contributed by atoms with Gasteiger partial charge in [-0.15, -0.1) is 20.5 Å². The average molecular weight is 702 g/mol. The average Bonchev–Trinajstić information content (AvgIpc) is 3.36. The highest BCUT2D eigenvalue weighted by molar-refractivity contribution is 9.10. The number of carbonyl (C=O) groups excluding carboxylic acids is 2. The van der Waals surface area contributed by atoms with Crippen molar-refractivity contribution in [2.45, 2.75) is 78.3 Å². The molecular formula is C30H34Br2N6O4. The fraction of sp³-hybridized carbons (Fsp3) is 0.400. The number of hydrogen-bond donors (Lipinski definition) is 2. The maximum absolute atomic E-state index is 12.4. The van der Waals surface area contributed by atoms with Crippen molar-refractivity contribution in [1.82, 2.24) is 9.13 Å². The molecule has 0 saturated heterocycles. The van der Waals surface area contributed by atoms with Gasteiger partial charge in [0.15, 0.2) is 11.4 Å². The van der Waals surface area contributed by atoms with E-state index < -0.39 is 0 Å². The van der Waals surface area contributed by atoms with Crippen molar-refractivity contribution in [3.05, 3.63) is 45.3 Å². The summed E-state index contributed by atoms with van der Waals surface area (Å²) < 4.78 is 5.19. The first kappa shape index (κ1) is 31.6. The van der Waals surface area contributed by atoms with E-state index in [4.69, 9.17) is 0 Å². The van der Waals surface area contributed by atoms with Crippen molar-refractivity contribution in [2.24, 2.45) is 20.5 Å². The minimum absolute atomic E-state index is 0.00279. The van der Waals surface area contributed by atoms with Gasteiger partial charge >= 0.3 is 0 Å². The van der Waals surface area contributed by atoms with Gasteiger partial charge in [-0.25, -0.2) is 0 Å². The van der Waals surface area contributed by atoms with Crippen molar-refractivity contribution in [3.63, 3.8) is 0 Å². The number of benzene rings is 2. The molecule has 0 aliphatic carbocycles. The summed E-state index contributed by atoms with van der Waals surface area (Å²) in [5.41, 5.74) is 2.17. The zero-order chi connectivity index (χ0) is 30.6. The number of azo groups is 2. The summed E-state index contributed by atoms with van der Waals surface area (Å²) in [5, 5.41) is 38.8. The molecule has 0 atom stereocenters. The van der Waals surface area contributed by atoms with Crippen LogP contribution in [-0.4, -0.2) is 31.2 Å². The van der Waals surface area contributed by atoms with Gasteiger partial charge < -0.3 is 19.3 Å². The van der Waals surface area contributed by atoms with Gasteiger partial charge in [0.2, 0.25) is 11.8 Å². The Bertz CT molecular complexity index is 1560. The van der Waals surface area contributed by atoms with Gasteiger partial charge in [0.25, 0.3) is 11.8 Å². The molecule has 0 bridgehead atoms. The second-order valence-corrected chi connectivity index (χ2v) is 12.5. The predicted octanol–water partition coefficient (Wildman–Crippen LogP) is 9.96. The fourth-order valence-electron chi connectivity index (χ4n) is 4.97. The first-order chi connectivity index (χ1) is 20.0. The highest BCUT2D eigenvalue weighted by Gasteiger charge is 2.20. The SMILES string of the molecule is CC(C)n1c(O)c(N=NC(=O)CCCCCCC(=O)N=Nc2c(O)n(C(C)C)c3ccc(Br)cc23)c2cc(Br)ccc21. The number of aromatic hydroxyl groups is 2. The Morgan fingerprint density at radius 2 is 1.07 bits per heavy atom. The number of nitrogens with zero attached hydrogens (tertiary/aromatic N) is 6. The number of hydrogen-bond acceptors (Lipinski definition) is 6. The summed E-state index contributed by atoms with van der Waals surface area (Å²) in [7, 11) is 0. The van der Waals surface area contributed by atoms with E-state index in [9.17, 15) is 19.8 Å². The highest BCUT2D eigenvalue weighted by Crippen LogP contribution is 2.43. The van der Waals surface area contributed by atoms with Gasteiger partial charge in [-0.1, -0.05) is 44.7 Å². The number of halogens is 2. The molecule has 0 radical (unpaired) electrons. The first-order valence-electron chi connectivity index (χ1n) is 13.9. The van der Waals surface area contributed by atoms with Crippen LogP contribution in [0.1, 0.15) is 78.3 Å². The summed E-state index contributed by atoms with van der Waals surface area (Å²) >= 11 is 6.89. The number of unbranched alkanes of at least 4 members (excludes halogenated alkanes) is 3. The predicted molar refractivity (Wildman–Crippen MR) is 170 cm³/mol. The van der Waals surface area contributed by atoms with E-state index in [1.807, 2.05) is 64.1 Å². The molecule has 4 aromatic rings. The first-order valence-corrected chi connectivity index (χ1v) is 15.5. The van der Waals surface area contributed by atoms with Gasteiger partial charge in [-0.3, -0.25) is 9.59 Å². The van der Waals surface area contributed by atoms with Gasteiger partial charge in [0.1, 0.15) is 0 Å². The van der Waals surface area contributed by atoms with Crippen molar-refractivity contribution in [3.8, 4) is 11.8 Å². The van der Waals surface area contributed by atoms with E-state index in [2.05, 4.69) is 52.3 Å². The van der Waals surface area contributed by atoms with Gasteiger partial charge in [-0.2, -0.15) is 0 Å². The topological polar surface area (TPSA) is 134 Å². The molecule has 12 heteroatoms. The number of carbonyl (C=O) groups is 2. The van der Waals surface area contributed by atoms with Crippen LogP contribution in [-0.2, 0) is 9.59 Å². The Morgan fingerprint density at radius 3 is 1.43 bits per heavy atom. The molecule has 0 saturated carbocycles. The lowest BCUT2D eigenvalue weighted by atomic mass is 10.1. The molecule has 2 heterocycles. The maximum Gasteiger partial charge on any atom is 0.264 e. The van der Waals surface area contributed by atoms with Crippen molar-refractivity contribution in [1.29, 1.82) is 0 Å². The van der Waals surface area contributed by atoms with Crippen LogP contribution in [0.5, 0.6) is 11.8 Å². The van der Waals surface area contributed by atoms with Crippen LogP contribution in [0.3, 0.4) is 0 Å². The molecule has 0 aliphatic heterocycles. The van der Waals surface area contributed by atoms with Crippen LogP contribution < -0.4 is 0 Å². The third-order valence-electron chi connectivity index (χ3n) is 6.91. The minimum atomic E-state index is -0.369. The lowest BCUT2D eigenvalue weighted by Gasteiger charge is -2.10. The smallest absolute Gasteiger partial charge is 0.264 e. The van der Waals surface area contributed by atoms with Crippen molar-refractivity contribution >= 4 is 76.9 Å². The largest absolute Gasteiger partial charge is 0.493 e. The van der Waals surface area contributed by atoms with Crippen LogP contribution in [0.15, 0.2) is 65.8 Å². The Labute approximate surface area is 260 Å². The molecule has 2 N–H and O–H groups in total. The number of aromatic nitrogens is 2. The third-order valence-corrected chi connectivity index (χ3v) is 7.90. The third kappa shape index (κ3) is 6.97. The van der Waals surface area contributed by atoms with E-state index in [-0.39, 0.29) is 59.9 Å². The molecule has 0 spiro atoms. The summed E-state index contributed by atoms with van der Waals surface area (Å²) in [6.07, 6.45) is 3.14. The Morgan fingerprint density at radius 1 is 0.690 bits per heavy atom. The van der Waals surface area contributed by atoms with Crippen LogP contribution >= 0.6 is 31.9 Å². The van der Waals surface area contributed by atoms with Crippen LogP contribution in [0.25, 0.3) is 21.8 Å². The summed E-state index contributed by atoms with van der Waals surface area (Å²) in [6, 6.07) is 11.3. The summed E-state index contributed by atoms with van der Waals surface area (Å²) in [6.45, 7) is 7.83. The second kappa shape index (κ2) is 13.7. The molecule has 0 unspecified atom stereocenters. The van der Waals surface area contributed by atoms with E-state index in [0.717, 1.165) is 32.8 Å². The molecule has 2 aromatic heterocycles. The standard InChI is InChI=1S/C30H34Br2N6O4/c1-17(2)37-23-13-11-19(31)15-21(23)27(29(37)41)35-33-25(39)9-7-5-6-8-10-26(40)34-36-28-22-16-20(32)12-14-24(22)38(18(3)4)30(28)42/h11-18,41-42H,5-10H2,1-4H3. The van der Waals surface area contributed by atoms with E-state index in [0.29, 0.717) is 23.6 Å². The monoisotopic (exact) mass is 700 g/mol. The van der Waals surface area contributed by atoms with E-state index in [1.54, 1.807) is 9.13 Å².